The second kappa shape index (κ2) is 19.5. The normalized spacial score (nSPS) is 13.0. The third-order valence-corrected chi connectivity index (χ3v) is 5.42. The second-order valence-electron chi connectivity index (χ2n) is 8.22. The topological polar surface area (TPSA) is 89.9 Å². The van der Waals surface area contributed by atoms with Crippen LogP contribution in [-0.4, -0.2) is 42.1 Å². The van der Waals surface area contributed by atoms with Gasteiger partial charge in [-0.15, -0.1) is 0 Å². The van der Waals surface area contributed by atoms with Crippen molar-refractivity contribution >= 4 is 17.7 Å². The van der Waals surface area contributed by atoms with E-state index in [9.17, 15) is 14.4 Å². The quantitative estimate of drug-likeness (QED) is 0.182. The first kappa shape index (κ1) is 28.6. The number of ether oxygens (including phenoxy) is 2. The first-order valence-electron chi connectivity index (χ1n) is 11.9. The Morgan fingerprint density at radius 2 is 1.10 bits per heavy atom. The van der Waals surface area contributed by atoms with Gasteiger partial charge >= 0.3 is 11.9 Å². The van der Waals surface area contributed by atoms with Gasteiger partial charge in [0, 0.05) is 13.5 Å². The Bertz CT molecular complexity index is 463. The second-order valence-corrected chi connectivity index (χ2v) is 8.22. The molecule has 6 nitrogen and oxygen atoms in total. The van der Waals surface area contributed by atoms with Crippen molar-refractivity contribution in [3.05, 3.63) is 0 Å². The summed E-state index contributed by atoms with van der Waals surface area (Å²) in [6.45, 7) is 3.45. The Kier molecular flexibility index (Phi) is 18.6. The zero-order chi connectivity index (χ0) is 22.6. The molecule has 0 aromatic rings. The Hall–Kier alpha value is -1.43. The molecule has 2 unspecified atom stereocenters. The van der Waals surface area contributed by atoms with Gasteiger partial charge in [-0.3, -0.25) is 9.59 Å². The van der Waals surface area contributed by atoms with Gasteiger partial charge in [-0.1, -0.05) is 96.8 Å². The number of hydrogen-bond donors (Lipinski definition) is 1. The highest BCUT2D eigenvalue weighted by Gasteiger charge is 2.34. The van der Waals surface area contributed by atoms with Gasteiger partial charge in [0.25, 0.3) is 0 Å². The minimum atomic E-state index is -1.47. The van der Waals surface area contributed by atoms with E-state index in [1.54, 1.807) is 0 Å². The molecule has 0 saturated carbocycles. The molecule has 0 rings (SSSR count). The zero-order valence-electron chi connectivity index (χ0n) is 19.5. The molecule has 0 spiro atoms. The highest BCUT2D eigenvalue weighted by atomic mass is 16.6. The van der Waals surface area contributed by atoms with E-state index in [1.807, 2.05) is 0 Å². The average molecular weight is 429 g/mol. The minimum absolute atomic E-state index is 0.193. The van der Waals surface area contributed by atoms with Crippen LogP contribution in [0.15, 0.2) is 0 Å². The van der Waals surface area contributed by atoms with Gasteiger partial charge in [0.05, 0.1) is 0 Å². The number of ketones is 1. The first-order valence-corrected chi connectivity index (χ1v) is 11.9. The van der Waals surface area contributed by atoms with E-state index in [0.717, 1.165) is 12.8 Å². The van der Waals surface area contributed by atoms with Crippen molar-refractivity contribution in [3.63, 3.8) is 0 Å². The van der Waals surface area contributed by atoms with Crippen molar-refractivity contribution in [2.75, 3.05) is 7.11 Å². The number of carboxylic acid groups (broad SMARTS) is 1. The number of hydrogen-bond acceptors (Lipinski definition) is 5. The maximum absolute atomic E-state index is 11.9. The highest BCUT2D eigenvalue weighted by Crippen LogP contribution is 2.14. The van der Waals surface area contributed by atoms with E-state index in [0.29, 0.717) is 6.42 Å². The Morgan fingerprint density at radius 3 is 1.43 bits per heavy atom. The zero-order valence-corrected chi connectivity index (χ0v) is 19.5. The molecule has 0 bridgehead atoms. The van der Waals surface area contributed by atoms with Crippen molar-refractivity contribution in [2.24, 2.45) is 0 Å². The van der Waals surface area contributed by atoms with E-state index in [4.69, 9.17) is 14.6 Å². The van der Waals surface area contributed by atoms with Crippen LogP contribution in [0.25, 0.3) is 0 Å². The van der Waals surface area contributed by atoms with Crippen LogP contribution in [0.3, 0.4) is 0 Å². The first-order chi connectivity index (χ1) is 14.4. The summed E-state index contributed by atoms with van der Waals surface area (Å²) in [4.78, 5) is 34.6. The highest BCUT2D eigenvalue weighted by molar-refractivity contribution is 5.89. The summed E-state index contributed by atoms with van der Waals surface area (Å²) in [6, 6.07) is 0. The predicted octanol–water partition coefficient (Wildman–Crippen LogP) is 5.85. The molecule has 30 heavy (non-hydrogen) atoms. The molecule has 6 heteroatoms. The van der Waals surface area contributed by atoms with E-state index in [1.165, 1.54) is 91.1 Å². The smallest absolute Gasteiger partial charge is 0.337 e. The summed E-state index contributed by atoms with van der Waals surface area (Å²) in [5.74, 6) is -2.40. The molecule has 0 aliphatic rings. The maximum atomic E-state index is 11.9. The van der Waals surface area contributed by atoms with Crippen LogP contribution in [0.5, 0.6) is 0 Å². The van der Waals surface area contributed by atoms with Crippen LogP contribution in [0, 0.1) is 0 Å². The summed E-state index contributed by atoms with van der Waals surface area (Å²) >= 11 is 0. The molecule has 0 aromatic heterocycles. The molecule has 0 aliphatic carbocycles. The van der Waals surface area contributed by atoms with Crippen molar-refractivity contribution < 1.29 is 29.0 Å². The number of Topliss-reactive ketones (excluding diaryl/α,β-unsaturated/α-hetero) is 1. The van der Waals surface area contributed by atoms with Crippen LogP contribution in [0.2, 0.25) is 0 Å². The number of carboxylic acids is 1. The van der Waals surface area contributed by atoms with Crippen LogP contribution in [-0.2, 0) is 23.9 Å². The maximum Gasteiger partial charge on any atom is 0.337 e. The fraction of sp³-hybridized carbons (Fsp3) is 0.875. The summed E-state index contributed by atoms with van der Waals surface area (Å²) in [5.41, 5.74) is 0. The summed E-state index contributed by atoms with van der Waals surface area (Å²) in [6.07, 6.45) is 16.0. The lowest BCUT2D eigenvalue weighted by molar-refractivity contribution is -0.172. The van der Waals surface area contributed by atoms with Crippen LogP contribution in [0.1, 0.15) is 117 Å². The minimum Gasteiger partial charge on any atom is -0.479 e. The van der Waals surface area contributed by atoms with Crippen molar-refractivity contribution in [3.8, 4) is 0 Å². The van der Waals surface area contributed by atoms with E-state index >= 15 is 0 Å². The lowest BCUT2D eigenvalue weighted by Crippen LogP contribution is -2.43. The lowest BCUT2D eigenvalue weighted by atomic mass is 10.0. The number of esters is 1. The fourth-order valence-electron chi connectivity index (χ4n) is 3.55. The number of unbranched alkanes of at least 4 members (excludes halogenated alkanes) is 14. The molecule has 0 aromatic carbocycles. The number of carbonyl (C=O) groups excluding carboxylic acids is 2. The molecule has 0 amide bonds. The number of rotatable bonds is 21. The van der Waals surface area contributed by atoms with Gasteiger partial charge in [0.1, 0.15) is 0 Å². The standard InChI is InChI=1S/C24H44O6/c1-4-5-6-7-8-9-10-11-12-13-14-15-16-17-18-19-21(26)30-22(20(2)25)23(29-3)24(27)28/h22-23H,4-19H2,1-3H3,(H,27,28). The molecular formula is C24H44O6. The lowest BCUT2D eigenvalue weighted by Gasteiger charge is -2.20. The number of aliphatic carboxylic acids is 1. The van der Waals surface area contributed by atoms with Gasteiger partial charge in [-0.05, 0) is 13.3 Å². The molecule has 0 aliphatic heterocycles. The van der Waals surface area contributed by atoms with Crippen molar-refractivity contribution in [1.29, 1.82) is 0 Å². The van der Waals surface area contributed by atoms with Gasteiger partial charge < -0.3 is 14.6 Å². The average Bonchev–Trinajstić information content (AvgIpc) is 2.70. The van der Waals surface area contributed by atoms with Gasteiger partial charge in [-0.2, -0.15) is 0 Å². The molecule has 1 N–H and O–H groups in total. The van der Waals surface area contributed by atoms with Crippen LogP contribution >= 0.6 is 0 Å². The molecule has 0 saturated heterocycles. The van der Waals surface area contributed by atoms with Crippen molar-refractivity contribution in [2.45, 2.75) is 129 Å². The molecule has 0 heterocycles. The van der Waals surface area contributed by atoms with Gasteiger partial charge in [0.15, 0.2) is 18.0 Å². The Labute approximate surface area is 183 Å². The predicted molar refractivity (Wildman–Crippen MR) is 119 cm³/mol. The monoisotopic (exact) mass is 428 g/mol. The largest absolute Gasteiger partial charge is 0.479 e. The number of methoxy groups -OCH3 is 1. The molecule has 2 atom stereocenters. The molecular weight excluding hydrogens is 384 g/mol. The molecule has 0 radical (unpaired) electrons. The van der Waals surface area contributed by atoms with E-state index in [-0.39, 0.29) is 6.42 Å². The SMILES string of the molecule is CCCCCCCCCCCCCCCCCC(=O)OC(C(C)=O)C(OC)C(=O)O. The van der Waals surface area contributed by atoms with Crippen LogP contribution < -0.4 is 0 Å². The van der Waals surface area contributed by atoms with Gasteiger partial charge in [-0.25, -0.2) is 4.79 Å². The van der Waals surface area contributed by atoms with E-state index in [2.05, 4.69) is 6.92 Å². The third kappa shape index (κ3) is 15.4. The number of carbonyl (C=O) groups is 3. The van der Waals surface area contributed by atoms with Crippen molar-refractivity contribution in [1.82, 2.24) is 0 Å². The van der Waals surface area contributed by atoms with E-state index < -0.39 is 29.9 Å². The Morgan fingerprint density at radius 1 is 0.700 bits per heavy atom. The summed E-state index contributed by atoms with van der Waals surface area (Å²) in [5, 5.41) is 9.05. The third-order valence-electron chi connectivity index (χ3n) is 5.42. The fourth-order valence-corrected chi connectivity index (χ4v) is 3.55. The van der Waals surface area contributed by atoms with Gasteiger partial charge in [0.2, 0.25) is 0 Å². The summed E-state index contributed by atoms with van der Waals surface area (Å²) < 4.78 is 9.82. The molecule has 0 fully saturated rings. The molecule has 176 valence electrons. The summed E-state index contributed by atoms with van der Waals surface area (Å²) in [7, 11) is 1.18. The van der Waals surface area contributed by atoms with Crippen LogP contribution in [0.4, 0.5) is 0 Å². The Balaban J connectivity index is 3.62.